The summed E-state index contributed by atoms with van der Waals surface area (Å²) in [6.07, 6.45) is 1.30. The van der Waals surface area contributed by atoms with Crippen molar-refractivity contribution in [2.75, 3.05) is 33.3 Å². The summed E-state index contributed by atoms with van der Waals surface area (Å²) in [5.74, 6) is 0. The molecular weight excluding hydrogens is 340 g/mol. The van der Waals surface area contributed by atoms with Gasteiger partial charge in [0.2, 0.25) is 0 Å². The molecule has 2 atom stereocenters. The van der Waals surface area contributed by atoms with Crippen molar-refractivity contribution in [3.63, 3.8) is 0 Å². The van der Waals surface area contributed by atoms with Crippen LogP contribution in [0.2, 0.25) is 5.02 Å². The number of likely N-dealkylation sites (N-methyl/N-ethyl adjacent to an activating group) is 1. The molecule has 2 unspecified atom stereocenters. The van der Waals surface area contributed by atoms with Gasteiger partial charge in [-0.25, -0.2) is 0 Å². The molecule has 0 bridgehead atoms. The summed E-state index contributed by atoms with van der Waals surface area (Å²) >= 11 is 9.68. The first-order chi connectivity index (χ1) is 9.63. The van der Waals surface area contributed by atoms with Crippen LogP contribution in [-0.2, 0) is 4.74 Å². The second-order valence-electron chi connectivity index (χ2n) is 5.20. The molecule has 0 amide bonds. The zero-order chi connectivity index (χ0) is 14.5. The van der Waals surface area contributed by atoms with E-state index in [0.29, 0.717) is 0 Å². The second-order valence-corrected chi connectivity index (χ2v) is 6.50. The lowest BCUT2D eigenvalue weighted by Crippen LogP contribution is -2.47. The first kappa shape index (κ1) is 16.2. The second kappa shape index (κ2) is 7.76. The quantitative estimate of drug-likeness (QED) is 0.813. The fraction of sp³-hybridized carbons (Fsp3) is 0.600. The summed E-state index contributed by atoms with van der Waals surface area (Å²) in [5, 5.41) is 4.21. The first-order valence-corrected chi connectivity index (χ1v) is 8.28. The lowest BCUT2D eigenvalue weighted by molar-refractivity contribution is -0.0615. The van der Waals surface area contributed by atoms with Crippen molar-refractivity contribution in [3.8, 4) is 0 Å². The number of benzene rings is 1. The average Bonchev–Trinajstić information content (AvgIpc) is 2.41. The zero-order valence-corrected chi connectivity index (χ0v) is 14.4. The minimum atomic E-state index is 0.165. The Labute approximate surface area is 134 Å². The van der Waals surface area contributed by atoms with Gasteiger partial charge in [-0.1, -0.05) is 40.5 Å². The first-order valence-electron chi connectivity index (χ1n) is 7.11. The van der Waals surface area contributed by atoms with E-state index >= 15 is 0 Å². The Bertz CT molecular complexity index is 444. The van der Waals surface area contributed by atoms with E-state index in [0.717, 1.165) is 42.2 Å². The monoisotopic (exact) mass is 360 g/mol. The van der Waals surface area contributed by atoms with Crippen molar-refractivity contribution in [3.05, 3.63) is 33.3 Å². The van der Waals surface area contributed by atoms with Crippen LogP contribution >= 0.6 is 27.5 Å². The van der Waals surface area contributed by atoms with Gasteiger partial charge in [0, 0.05) is 22.6 Å². The van der Waals surface area contributed by atoms with Crippen LogP contribution in [0.25, 0.3) is 0 Å². The van der Waals surface area contributed by atoms with E-state index in [9.17, 15) is 0 Å². The third-order valence-electron chi connectivity index (χ3n) is 3.66. The fourth-order valence-corrected chi connectivity index (χ4v) is 3.55. The van der Waals surface area contributed by atoms with E-state index in [1.807, 2.05) is 12.1 Å². The minimum Gasteiger partial charge on any atom is -0.374 e. The van der Waals surface area contributed by atoms with Gasteiger partial charge in [-0.3, -0.25) is 4.90 Å². The molecule has 2 rings (SSSR count). The summed E-state index contributed by atoms with van der Waals surface area (Å²) in [6.45, 7) is 5.81. The smallest absolute Gasteiger partial charge is 0.0896 e. The highest BCUT2D eigenvalue weighted by Gasteiger charge is 2.32. The molecule has 1 aromatic carbocycles. The third-order valence-corrected chi connectivity index (χ3v) is 4.58. The molecule has 3 nitrogen and oxygen atoms in total. The van der Waals surface area contributed by atoms with Gasteiger partial charge < -0.3 is 10.1 Å². The predicted octanol–water partition coefficient (Wildman–Crippen LogP) is 3.47. The molecular formula is C15H22BrClN2O. The van der Waals surface area contributed by atoms with E-state index in [2.05, 4.69) is 46.2 Å². The highest BCUT2D eigenvalue weighted by molar-refractivity contribution is 9.10. The Balaban J connectivity index is 2.18. The highest BCUT2D eigenvalue weighted by atomic mass is 79.9. The van der Waals surface area contributed by atoms with Crippen LogP contribution in [-0.4, -0.2) is 44.3 Å². The van der Waals surface area contributed by atoms with E-state index in [-0.39, 0.29) is 12.1 Å². The number of hydrogen-bond donors (Lipinski definition) is 1. The van der Waals surface area contributed by atoms with Crippen LogP contribution in [0.4, 0.5) is 0 Å². The molecule has 1 saturated heterocycles. The normalized spacial score (nSPS) is 24.0. The van der Waals surface area contributed by atoms with Crippen LogP contribution in [0.1, 0.15) is 24.9 Å². The Morgan fingerprint density at radius 1 is 1.50 bits per heavy atom. The van der Waals surface area contributed by atoms with Crippen LogP contribution < -0.4 is 5.32 Å². The average molecular weight is 362 g/mol. The SMILES string of the molecule is CCCNCC1OCCN(C)C1c1ccc(Cl)cc1Br. The maximum absolute atomic E-state index is 6.04. The maximum Gasteiger partial charge on any atom is 0.0896 e. The standard InChI is InChI=1S/C15H22BrClN2O/c1-3-6-18-10-14-15(19(2)7-8-20-14)12-5-4-11(17)9-13(12)16/h4-5,9,14-15,18H,3,6-8,10H2,1-2H3. The summed E-state index contributed by atoms with van der Waals surface area (Å²) in [5.41, 5.74) is 1.24. The number of hydrogen-bond acceptors (Lipinski definition) is 3. The molecule has 1 aromatic rings. The van der Waals surface area contributed by atoms with Gasteiger partial charge in [-0.15, -0.1) is 0 Å². The molecule has 1 aliphatic rings. The van der Waals surface area contributed by atoms with Gasteiger partial charge >= 0.3 is 0 Å². The van der Waals surface area contributed by atoms with E-state index in [1.165, 1.54) is 5.56 Å². The molecule has 0 radical (unpaired) electrons. The lowest BCUT2D eigenvalue weighted by atomic mass is 9.98. The molecule has 0 saturated carbocycles. The third kappa shape index (κ3) is 3.95. The van der Waals surface area contributed by atoms with Crippen molar-refractivity contribution >= 4 is 27.5 Å². The molecule has 0 spiro atoms. The van der Waals surface area contributed by atoms with Crippen LogP contribution in [0.15, 0.2) is 22.7 Å². The summed E-state index contributed by atoms with van der Waals surface area (Å²) in [6, 6.07) is 6.24. The largest absolute Gasteiger partial charge is 0.374 e. The van der Waals surface area contributed by atoms with Crippen LogP contribution in [0, 0.1) is 0 Å². The summed E-state index contributed by atoms with van der Waals surface area (Å²) < 4.78 is 7.04. The van der Waals surface area contributed by atoms with Gasteiger partial charge in [0.05, 0.1) is 18.8 Å². The highest BCUT2D eigenvalue weighted by Crippen LogP contribution is 2.34. The molecule has 1 fully saturated rings. The van der Waals surface area contributed by atoms with Gasteiger partial charge in [-0.05, 0) is 37.7 Å². The van der Waals surface area contributed by atoms with Crippen molar-refractivity contribution < 1.29 is 4.74 Å². The van der Waals surface area contributed by atoms with Crippen molar-refractivity contribution in [1.29, 1.82) is 0 Å². The summed E-state index contributed by atoms with van der Waals surface area (Å²) in [7, 11) is 2.15. The van der Waals surface area contributed by atoms with Crippen molar-refractivity contribution in [2.24, 2.45) is 0 Å². The maximum atomic E-state index is 6.04. The van der Waals surface area contributed by atoms with Crippen molar-refractivity contribution in [1.82, 2.24) is 10.2 Å². The molecule has 1 heterocycles. The Hall–Kier alpha value is -0.130. The van der Waals surface area contributed by atoms with Gasteiger partial charge in [0.1, 0.15) is 0 Å². The fourth-order valence-electron chi connectivity index (χ4n) is 2.63. The van der Waals surface area contributed by atoms with Gasteiger partial charge in [0.25, 0.3) is 0 Å². The molecule has 0 aromatic heterocycles. The number of morpholine rings is 1. The van der Waals surface area contributed by atoms with Crippen LogP contribution in [0.5, 0.6) is 0 Å². The Kier molecular flexibility index (Phi) is 6.30. The Morgan fingerprint density at radius 2 is 2.30 bits per heavy atom. The van der Waals surface area contributed by atoms with E-state index < -0.39 is 0 Å². The van der Waals surface area contributed by atoms with Gasteiger partial charge in [0.15, 0.2) is 0 Å². The molecule has 1 aliphatic heterocycles. The number of rotatable bonds is 5. The number of nitrogens with zero attached hydrogens (tertiary/aromatic N) is 1. The van der Waals surface area contributed by atoms with E-state index in [1.54, 1.807) is 0 Å². The predicted molar refractivity (Wildman–Crippen MR) is 87.4 cm³/mol. The van der Waals surface area contributed by atoms with Gasteiger partial charge in [-0.2, -0.15) is 0 Å². The molecule has 20 heavy (non-hydrogen) atoms. The minimum absolute atomic E-state index is 0.165. The van der Waals surface area contributed by atoms with E-state index in [4.69, 9.17) is 16.3 Å². The Morgan fingerprint density at radius 3 is 3.00 bits per heavy atom. The summed E-state index contributed by atoms with van der Waals surface area (Å²) in [4.78, 5) is 2.36. The number of halogens is 2. The molecule has 0 aliphatic carbocycles. The number of nitrogens with one attached hydrogen (secondary N) is 1. The van der Waals surface area contributed by atoms with Crippen LogP contribution in [0.3, 0.4) is 0 Å². The number of ether oxygens (including phenoxy) is 1. The topological polar surface area (TPSA) is 24.5 Å². The lowest BCUT2D eigenvalue weighted by Gasteiger charge is -2.40. The molecule has 1 N–H and O–H groups in total. The van der Waals surface area contributed by atoms with Crippen molar-refractivity contribution in [2.45, 2.75) is 25.5 Å². The zero-order valence-electron chi connectivity index (χ0n) is 12.0. The molecule has 112 valence electrons. The molecule has 5 heteroatoms.